The van der Waals surface area contributed by atoms with Crippen molar-refractivity contribution in [3.63, 3.8) is 0 Å². The quantitative estimate of drug-likeness (QED) is 0.235. The molecule has 0 aromatic heterocycles. The monoisotopic (exact) mass is 399 g/mol. The second kappa shape index (κ2) is 10.1. The lowest BCUT2D eigenvalue weighted by atomic mass is 9.69. The molecule has 1 aromatic carbocycles. The first-order valence-corrected chi connectivity index (χ1v) is 11.1. The fourth-order valence-corrected chi connectivity index (χ4v) is 5.18. The summed E-state index contributed by atoms with van der Waals surface area (Å²) in [6, 6.07) is 2.45. The highest BCUT2D eigenvalue weighted by Crippen LogP contribution is 2.41. The van der Waals surface area contributed by atoms with E-state index in [0.29, 0.717) is 23.2 Å². The van der Waals surface area contributed by atoms with Gasteiger partial charge in [-0.05, 0) is 99.9 Å². The van der Waals surface area contributed by atoms with Crippen molar-refractivity contribution in [2.45, 2.75) is 63.2 Å². The Morgan fingerprint density at radius 1 is 0.964 bits per heavy atom. The fourth-order valence-electron chi connectivity index (χ4n) is 4.78. The van der Waals surface area contributed by atoms with Gasteiger partial charge in [-0.2, -0.15) is 5.26 Å². The molecule has 0 bridgehead atoms. The average Bonchev–Trinajstić information content (AvgIpc) is 2.70. The lowest BCUT2D eigenvalue weighted by Gasteiger charge is -2.36. The molecule has 2 fully saturated rings. The third kappa shape index (κ3) is 5.39. The van der Waals surface area contributed by atoms with Crippen molar-refractivity contribution in [1.82, 2.24) is 0 Å². The summed E-state index contributed by atoms with van der Waals surface area (Å²) in [5.41, 5.74) is 0.349. The van der Waals surface area contributed by atoms with Crippen LogP contribution in [0.4, 0.5) is 8.78 Å². The normalized spacial score (nSPS) is 27.8. The number of halogens is 2. The molecule has 2 aliphatic carbocycles. The minimum absolute atomic E-state index is 0.252. The lowest BCUT2D eigenvalue weighted by molar-refractivity contribution is 0.168. The predicted octanol–water partition coefficient (Wildman–Crippen LogP) is 7.08. The number of rotatable bonds is 3. The molecular formula is C24H27F2NS. The van der Waals surface area contributed by atoms with Crippen molar-refractivity contribution in [3.05, 3.63) is 41.5 Å². The van der Waals surface area contributed by atoms with Gasteiger partial charge in [-0.25, -0.2) is 8.78 Å². The van der Waals surface area contributed by atoms with Gasteiger partial charge in [0.15, 0.2) is 0 Å². The molecule has 0 spiro atoms. The van der Waals surface area contributed by atoms with Gasteiger partial charge in [0.05, 0.1) is 4.90 Å². The van der Waals surface area contributed by atoms with Gasteiger partial charge in [-0.1, -0.05) is 24.0 Å². The van der Waals surface area contributed by atoms with Crippen LogP contribution in [0.25, 0.3) is 0 Å². The number of hydrogen-bond donors (Lipinski definition) is 0. The van der Waals surface area contributed by atoms with Crippen LogP contribution in [0.2, 0.25) is 0 Å². The molecule has 0 heterocycles. The molecule has 0 radical (unpaired) electrons. The molecule has 2 saturated carbocycles. The SMILES string of the molecule is C/C=C/C1CCC(C2CCC(C#Cc3cc(F)c(SC#N)c(F)c3)CC2)CC1. The van der Waals surface area contributed by atoms with Crippen molar-refractivity contribution < 1.29 is 8.78 Å². The van der Waals surface area contributed by atoms with Crippen molar-refractivity contribution in [1.29, 1.82) is 5.26 Å². The highest BCUT2D eigenvalue weighted by atomic mass is 32.2. The topological polar surface area (TPSA) is 23.8 Å². The summed E-state index contributed by atoms with van der Waals surface area (Å²) in [6.07, 6.45) is 14.5. The van der Waals surface area contributed by atoms with Crippen LogP contribution in [0, 0.1) is 57.8 Å². The van der Waals surface area contributed by atoms with Crippen LogP contribution in [-0.2, 0) is 0 Å². The first-order valence-electron chi connectivity index (χ1n) is 10.3. The Morgan fingerprint density at radius 2 is 1.54 bits per heavy atom. The number of thioether (sulfide) groups is 1. The van der Waals surface area contributed by atoms with Gasteiger partial charge in [-0.15, -0.1) is 0 Å². The molecule has 1 aromatic rings. The summed E-state index contributed by atoms with van der Waals surface area (Å²) in [7, 11) is 0. The first kappa shape index (κ1) is 20.9. The maximum Gasteiger partial charge on any atom is 0.142 e. The van der Waals surface area contributed by atoms with Crippen molar-refractivity contribution in [2.24, 2.45) is 23.7 Å². The van der Waals surface area contributed by atoms with Crippen LogP contribution in [0.1, 0.15) is 63.9 Å². The third-order valence-electron chi connectivity index (χ3n) is 6.29. The molecule has 28 heavy (non-hydrogen) atoms. The highest BCUT2D eigenvalue weighted by molar-refractivity contribution is 8.03. The van der Waals surface area contributed by atoms with Gasteiger partial charge in [0.2, 0.25) is 0 Å². The van der Waals surface area contributed by atoms with Crippen LogP contribution in [0.15, 0.2) is 29.2 Å². The molecule has 3 rings (SSSR count). The van der Waals surface area contributed by atoms with Crippen LogP contribution >= 0.6 is 11.8 Å². The zero-order chi connectivity index (χ0) is 19.9. The fraction of sp³-hybridized carbons (Fsp3) is 0.542. The van der Waals surface area contributed by atoms with Crippen molar-refractivity contribution in [3.8, 4) is 17.2 Å². The van der Waals surface area contributed by atoms with E-state index in [4.69, 9.17) is 5.26 Å². The van der Waals surface area contributed by atoms with E-state index in [9.17, 15) is 8.78 Å². The van der Waals surface area contributed by atoms with Gasteiger partial charge >= 0.3 is 0 Å². The summed E-state index contributed by atoms with van der Waals surface area (Å²) >= 11 is 0.503. The van der Waals surface area contributed by atoms with E-state index in [1.807, 2.05) is 0 Å². The molecule has 0 amide bonds. The minimum atomic E-state index is -0.715. The van der Waals surface area contributed by atoms with Gasteiger partial charge in [-0.3, -0.25) is 0 Å². The molecule has 0 aliphatic heterocycles. The van der Waals surface area contributed by atoms with Gasteiger partial charge in [0.1, 0.15) is 17.0 Å². The smallest absolute Gasteiger partial charge is 0.142 e. The Hall–Kier alpha value is -1.78. The summed E-state index contributed by atoms with van der Waals surface area (Å²) < 4.78 is 27.8. The van der Waals surface area contributed by atoms with E-state index in [1.54, 1.807) is 5.40 Å². The minimum Gasteiger partial charge on any atom is -0.206 e. The Balaban J connectivity index is 1.52. The molecule has 0 atom stereocenters. The standard InChI is InChI=1S/C24H27F2NS/c1-2-3-17-6-10-20(11-7-17)21-12-8-18(9-13-21)4-5-19-14-22(25)24(28-16-27)23(26)15-19/h2-3,14-15,17-18,20-21H,6-13H2,1H3/b3-2+. The van der Waals surface area contributed by atoms with E-state index in [2.05, 4.69) is 30.9 Å². The summed E-state index contributed by atoms with van der Waals surface area (Å²) in [5.74, 6) is 7.53. The van der Waals surface area contributed by atoms with Crippen LogP contribution in [0.5, 0.6) is 0 Å². The lowest BCUT2D eigenvalue weighted by Crippen LogP contribution is -2.25. The number of hydrogen-bond acceptors (Lipinski definition) is 2. The molecule has 0 unspecified atom stereocenters. The van der Waals surface area contributed by atoms with E-state index in [0.717, 1.165) is 30.6 Å². The number of nitrogens with zero attached hydrogens (tertiary/aromatic N) is 1. The van der Waals surface area contributed by atoms with Gasteiger partial charge < -0.3 is 0 Å². The maximum atomic E-state index is 13.9. The second-order valence-electron chi connectivity index (χ2n) is 8.04. The molecule has 148 valence electrons. The Kier molecular flexibility index (Phi) is 7.57. The molecule has 0 N–H and O–H groups in total. The third-order valence-corrected chi connectivity index (χ3v) is 6.97. The summed E-state index contributed by atoms with van der Waals surface area (Å²) in [4.78, 5) is -0.252. The predicted molar refractivity (Wildman–Crippen MR) is 110 cm³/mol. The number of allylic oxidation sites excluding steroid dienone is 2. The second-order valence-corrected chi connectivity index (χ2v) is 8.84. The van der Waals surface area contributed by atoms with E-state index >= 15 is 0 Å². The Bertz CT molecular complexity index is 775. The van der Waals surface area contributed by atoms with Crippen molar-refractivity contribution >= 4 is 11.8 Å². The first-order chi connectivity index (χ1) is 13.6. The largest absolute Gasteiger partial charge is 0.206 e. The summed E-state index contributed by atoms with van der Waals surface area (Å²) in [5, 5.41) is 10.3. The van der Waals surface area contributed by atoms with Crippen molar-refractivity contribution in [2.75, 3.05) is 0 Å². The molecule has 4 heteroatoms. The summed E-state index contributed by atoms with van der Waals surface area (Å²) in [6.45, 7) is 2.11. The zero-order valence-corrected chi connectivity index (χ0v) is 17.2. The van der Waals surface area contributed by atoms with Gasteiger partial charge in [0.25, 0.3) is 0 Å². The Morgan fingerprint density at radius 3 is 2.07 bits per heavy atom. The van der Waals surface area contributed by atoms with E-state index in [-0.39, 0.29) is 4.90 Å². The number of nitriles is 1. The van der Waals surface area contributed by atoms with Crippen LogP contribution in [0.3, 0.4) is 0 Å². The molecule has 0 saturated heterocycles. The van der Waals surface area contributed by atoms with Gasteiger partial charge in [0, 0.05) is 11.5 Å². The number of benzene rings is 1. The van der Waals surface area contributed by atoms with Crippen LogP contribution in [-0.4, -0.2) is 0 Å². The molecule has 1 nitrogen and oxygen atoms in total. The molecular weight excluding hydrogens is 372 g/mol. The highest BCUT2D eigenvalue weighted by Gasteiger charge is 2.29. The number of thiocyanates is 1. The Labute approximate surface area is 171 Å². The zero-order valence-electron chi connectivity index (χ0n) is 16.4. The van der Waals surface area contributed by atoms with Crippen LogP contribution < -0.4 is 0 Å². The maximum absolute atomic E-state index is 13.9. The molecule has 2 aliphatic rings. The van der Waals surface area contributed by atoms with E-state index in [1.165, 1.54) is 50.7 Å². The van der Waals surface area contributed by atoms with E-state index < -0.39 is 11.6 Å². The average molecular weight is 400 g/mol.